The molecule has 0 saturated carbocycles. The Labute approximate surface area is 115 Å². The van der Waals surface area contributed by atoms with E-state index in [1.807, 2.05) is 33.2 Å². The third-order valence-electron chi connectivity index (χ3n) is 3.63. The first kappa shape index (κ1) is 14.0. The number of anilines is 1. The monoisotopic (exact) mass is 261 g/mol. The van der Waals surface area contributed by atoms with Crippen molar-refractivity contribution in [3.05, 3.63) is 29.8 Å². The van der Waals surface area contributed by atoms with Gasteiger partial charge >= 0.3 is 0 Å². The first-order valence-corrected chi connectivity index (χ1v) is 6.75. The number of carbonyl (C=O) groups excluding carboxylic acids is 1. The van der Waals surface area contributed by atoms with Crippen molar-refractivity contribution < 1.29 is 4.79 Å². The van der Waals surface area contributed by atoms with Gasteiger partial charge in [-0.1, -0.05) is 12.1 Å². The Hall–Kier alpha value is -1.39. The molecule has 2 N–H and O–H groups in total. The molecule has 2 rings (SSSR count). The highest BCUT2D eigenvalue weighted by Crippen LogP contribution is 2.26. The zero-order valence-corrected chi connectivity index (χ0v) is 12.0. The van der Waals surface area contributed by atoms with Crippen LogP contribution in [-0.4, -0.2) is 38.0 Å². The molecule has 1 fully saturated rings. The van der Waals surface area contributed by atoms with E-state index in [1.165, 1.54) is 5.56 Å². The molecule has 0 spiro atoms. The fourth-order valence-corrected chi connectivity index (χ4v) is 2.35. The topological polar surface area (TPSA) is 44.4 Å². The molecule has 1 unspecified atom stereocenters. The first-order valence-electron chi connectivity index (χ1n) is 6.75. The maximum absolute atomic E-state index is 12.2. The molecule has 1 heterocycles. The van der Waals surface area contributed by atoms with E-state index in [-0.39, 0.29) is 11.3 Å². The lowest BCUT2D eigenvalue weighted by molar-refractivity contribution is -0.123. The quantitative estimate of drug-likeness (QED) is 0.867. The highest BCUT2D eigenvalue weighted by atomic mass is 16.2. The molecule has 1 amide bonds. The van der Waals surface area contributed by atoms with Crippen LogP contribution < -0.4 is 10.6 Å². The minimum atomic E-state index is -0.275. The number of nitrogens with zero attached hydrogens (tertiary/aromatic N) is 1. The van der Waals surface area contributed by atoms with E-state index in [4.69, 9.17) is 0 Å². The van der Waals surface area contributed by atoms with Gasteiger partial charge in [-0.05, 0) is 51.7 Å². The lowest BCUT2D eigenvalue weighted by Gasteiger charge is -2.21. The van der Waals surface area contributed by atoms with Crippen LogP contribution in [-0.2, 0) is 11.3 Å². The van der Waals surface area contributed by atoms with Gasteiger partial charge in [-0.15, -0.1) is 0 Å². The number of amides is 1. The lowest BCUT2D eigenvalue weighted by Crippen LogP contribution is -2.35. The lowest BCUT2D eigenvalue weighted by atomic mass is 9.89. The second kappa shape index (κ2) is 5.72. The second-order valence-corrected chi connectivity index (χ2v) is 5.88. The van der Waals surface area contributed by atoms with Gasteiger partial charge in [-0.3, -0.25) is 4.79 Å². The predicted octanol–water partition coefficient (Wildman–Crippen LogP) is 1.69. The predicted molar refractivity (Wildman–Crippen MR) is 78.1 cm³/mol. The van der Waals surface area contributed by atoms with E-state index >= 15 is 0 Å². The summed E-state index contributed by atoms with van der Waals surface area (Å²) in [5.74, 6) is 0.109. The van der Waals surface area contributed by atoms with Crippen molar-refractivity contribution in [1.29, 1.82) is 0 Å². The van der Waals surface area contributed by atoms with Gasteiger partial charge < -0.3 is 15.5 Å². The van der Waals surface area contributed by atoms with Gasteiger partial charge in [0.1, 0.15) is 0 Å². The summed E-state index contributed by atoms with van der Waals surface area (Å²) in [7, 11) is 4.09. The highest BCUT2D eigenvalue weighted by Gasteiger charge is 2.36. The van der Waals surface area contributed by atoms with Crippen molar-refractivity contribution in [3.8, 4) is 0 Å². The molecule has 1 aliphatic heterocycles. The van der Waals surface area contributed by atoms with E-state index in [0.717, 1.165) is 31.7 Å². The minimum Gasteiger partial charge on any atom is -0.326 e. The van der Waals surface area contributed by atoms with Crippen molar-refractivity contribution in [1.82, 2.24) is 10.2 Å². The Morgan fingerprint density at radius 2 is 2.05 bits per heavy atom. The summed E-state index contributed by atoms with van der Waals surface area (Å²) in [5, 5.41) is 6.26. The zero-order valence-electron chi connectivity index (χ0n) is 12.0. The molecule has 1 saturated heterocycles. The molecule has 0 aromatic heterocycles. The van der Waals surface area contributed by atoms with Gasteiger partial charge in [0.15, 0.2) is 0 Å². The average molecular weight is 261 g/mol. The largest absolute Gasteiger partial charge is 0.326 e. The Balaban J connectivity index is 1.97. The molecule has 0 aliphatic carbocycles. The smallest absolute Gasteiger partial charge is 0.231 e. The van der Waals surface area contributed by atoms with Crippen LogP contribution >= 0.6 is 0 Å². The van der Waals surface area contributed by atoms with Crippen LogP contribution in [0, 0.1) is 5.41 Å². The van der Waals surface area contributed by atoms with Crippen molar-refractivity contribution in [2.75, 3.05) is 32.5 Å². The molecule has 104 valence electrons. The van der Waals surface area contributed by atoms with Gasteiger partial charge in [-0.25, -0.2) is 0 Å². The molecule has 19 heavy (non-hydrogen) atoms. The highest BCUT2D eigenvalue weighted by molar-refractivity contribution is 5.95. The van der Waals surface area contributed by atoms with E-state index in [1.54, 1.807) is 0 Å². The number of rotatable bonds is 4. The van der Waals surface area contributed by atoms with Crippen molar-refractivity contribution in [2.24, 2.45) is 5.41 Å². The Bertz CT molecular complexity index is 433. The molecular weight excluding hydrogens is 238 g/mol. The van der Waals surface area contributed by atoms with Crippen LogP contribution in [0.25, 0.3) is 0 Å². The Kier molecular flexibility index (Phi) is 4.22. The summed E-state index contributed by atoms with van der Waals surface area (Å²) in [6.45, 7) is 4.61. The SMILES string of the molecule is CN(C)Cc1ccc(NC(=O)C2(C)CCNC2)cc1. The molecule has 1 aliphatic rings. The van der Waals surface area contributed by atoms with E-state index in [0.29, 0.717) is 0 Å². The molecule has 1 atom stereocenters. The zero-order chi connectivity index (χ0) is 13.9. The fourth-order valence-electron chi connectivity index (χ4n) is 2.35. The van der Waals surface area contributed by atoms with E-state index < -0.39 is 0 Å². The van der Waals surface area contributed by atoms with Crippen LogP contribution in [0.15, 0.2) is 24.3 Å². The standard InChI is InChI=1S/C15H23N3O/c1-15(8-9-16-11-15)14(19)17-13-6-4-12(5-7-13)10-18(2)3/h4-7,16H,8-11H2,1-3H3,(H,17,19). The maximum Gasteiger partial charge on any atom is 0.231 e. The minimum absolute atomic E-state index is 0.109. The second-order valence-electron chi connectivity index (χ2n) is 5.88. The van der Waals surface area contributed by atoms with Crippen LogP contribution in [0.3, 0.4) is 0 Å². The molecule has 4 nitrogen and oxygen atoms in total. The summed E-state index contributed by atoms with van der Waals surface area (Å²) >= 11 is 0. The number of nitrogens with one attached hydrogen (secondary N) is 2. The molecule has 4 heteroatoms. The van der Waals surface area contributed by atoms with E-state index in [9.17, 15) is 4.79 Å². The van der Waals surface area contributed by atoms with E-state index in [2.05, 4.69) is 27.7 Å². The van der Waals surface area contributed by atoms with Crippen LogP contribution in [0.1, 0.15) is 18.9 Å². The normalized spacial score (nSPS) is 22.7. The number of carbonyl (C=O) groups is 1. The van der Waals surface area contributed by atoms with Gasteiger partial charge in [0.05, 0.1) is 5.41 Å². The van der Waals surface area contributed by atoms with Crippen LogP contribution in [0.2, 0.25) is 0 Å². The number of hydrogen-bond donors (Lipinski definition) is 2. The molecule has 1 aromatic carbocycles. The molecular formula is C15H23N3O. The summed E-state index contributed by atoms with van der Waals surface area (Å²) in [6.07, 6.45) is 0.900. The van der Waals surface area contributed by atoms with Gasteiger partial charge in [0.25, 0.3) is 0 Å². The van der Waals surface area contributed by atoms with Crippen LogP contribution in [0.5, 0.6) is 0 Å². The third-order valence-corrected chi connectivity index (χ3v) is 3.63. The van der Waals surface area contributed by atoms with Gasteiger partial charge in [-0.2, -0.15) is 0 Å². The third kappa shape index (κ3) is 3.55. The summed E-state index contributed by atoms with van der Waals surface area (Å²) in [4.78, 5) is 14.4. The fraction of sp³-hybridized carbons (Fsp3) is 0.533. The summed E-state index contributed by atoms with van der Waals surface area (Å²) < 4.78 is 0. The molecule has 0 radical (unpaired) electrons. The van der Waals surface area contributed by atoms with Gasteiger partial charge in [0, 0.05) is 18.8 Å². The molecule has 1 aromatic rings. The number of hydrogen-bond acceptors (Lipinski definition) is 3. The first-order chi connectivity index (χ1) is 8.99. The molecule has 0 bridgehead atoms. The summed E-state index contributed by atoms with van der Waals surface area (Å²) in [6, 6.07) is 8.07. The van der Waals surface area contributed by atoms with Gasteiger partial charge in [0.2, 0.25) is 5.91 Å². The number of benzene rings is 1. The van der Waals surface area contributed by atoms with Crippen molar-refractivity contribution >= 4 is 11.6 Å². The van der Waals surface area contributed by atoms with Crippen molar-refractivity contribution in [3.63, 3.8) is 0 Å². The summed E-state index contributed by atoms with van der Waals surface area (Å²) in [5.41, 5.74) is 1.85. The average Bonchev–Trinajstić information content (AvgIpc) is 2.79. The maximum atomic E-state index is 12.2. The Morgan fingerprint density at radius 3 is 2.58 bits per heavy atom. The van der Waals surface area contributed by atoms with Crippen LogP contribution in [0.4, 0.5) is 5.69 Å². The Morgan fingerprint density at radius 1 is 1.37 bits per heavy atom. The van der Waals surface area contributed by atoms with Crippen molar-refractivity contribution in [2.45, 2.75) is 19.9 Å².